The standard InChI is InChI=1S/C28H43F3N6O2/c1-27(25-33-24(39-34-25)20-17-21(20)29)11-15-37(16-12-27)26(38)32-23-22(7-4-10-28(23,30)31)36-13-8-19(9-14-36)35(2)18-5-3-6-18/h18-23H,3-17H2,1-2H3,(H,32,38)/t20?,21-,22-,23+/m0/s1. The van der Waals surface area contributed by atoms with Gasteiger partial charge in [-0.2, -0.15) is 4.98 Å². The molecule has 0 bridgehead atoms. The first-order chi connectivity index (χ1) is 18.6. The summed E-state index contributed by atoms with van der Waals surface area (Å²) in [7, 11) is 2.22. The minimum atomic E-state index is -2.93. The third-order valence-corrected chi connectivity index (χ3v) is 10.5. The molecule has 3 heterocycles. The molecule has 218 valence electrons. The number of carbonyl (C=O) groups is 1. The molecule has 0 spiro atoms. The second-order valence-corrected chi connectivity index (χ2v) is 13.0. The molecule has 1 aromatic heterocycles. The van der Waals surface area contributed by atoms with Crippen LogP contribution < -0.4 is 5.32 Å². The molecule has 2 amide bonds. The van der Waals surface area contributed by atoms with E-state index in [1.807, 2.05) is 6.92 Å². The third-order valence-electron chi connectivity index (χ3n) is 10.5. The number of piperidine rings is 2. The van der Waals surface area contributed by atoms with Crippen LogP contribution in [-0.2, 0) is 5.41 Å². The van der Waals surface area contributed by atoms with Crippen molar-refractivity contribution in [1.82, 2.24) is 30.2 Å². The van der Waals surface area contributed by atoms with E-state index in [0.29, 0.717) is 69.0 Å². The average Bonchev–Trinajstić information content (AvgIpc) is 3.40. The fourth-order valence-electron chi connectivity index (χ4n) is 7.16. The first kappa shape index (κ1) is 27.3. The number of aromatic nitrogens is 2. The molecule has 3 aliphatic carbocycles. The highest BCUT2D eigenvalue weighted by Gasteiger charge is 2.51. The summed E-state index contributed by atoms with van der Waals surface area (Å²) < 4.78 is 49.3. The number of halogens is 3. The van der Waals surface area contributed by atoms with Gasteiger partial charge in [0.05, 0.1) is 5.92 Å². The fourth-order valence-corrected chi connectivity index (χ4v) is 7.16. The van der Waals surface area contributed by atoms with Gasteiger partial charge < -0.3 is 19.6 Å². The van der Waals surface area contributed by atoms with E-state index >= 15 is 8.78 Å². The average molecular weight is 553 g/mol. The van der Waals surface area contributed by atoms with E-state index in [0.717, 1.165) is 25.9 Å². The Labute approximate surface area is 229 Å². The van der Waals surface area contributed by atoms with Crippen LogP contribution in [0.5, 0.6) is 0 Å². The van der Waals surface area contributed by atoms with Crippen LogP contribution in [0.25, 0.3) is 0 Å². The highest BCUT2D eigenvalue weighted by Crippen LogP contribution is 2.44. The van der Waals surface area contributed by atoms with Crippen molar-refractivity contribution in [2.75, 3.05) is 33.2 Å². The van der Waals surface area contributed by atoms with Gasteiger partial charge in [0.25, 0.3) is 5.92 Å². The van der Waals surface area contributed by atoms with Crippen molar-refractivity contribution >= 4 is 6.03 Å². The summed E-state index contributed by atoms with van der Waals surface area (Å²) >= 11 is 0. The van der Waals surface area contributed by atoms with Crippen molar-refractivity contribution in [3.05, 3.63) is 11.7 Å². The van der Waals surface area contributed by atoms with Gasteiger partial charge >= 0.3 is 6.03 Å². The first-order valence-corrected chi connectivity index (χ1v) is 15.0. The first-order valence-electron chi connectivity index (χ1n) is 15.0. The maximum Gasteiger partial charge on any atom is 0.317 e. The SMILES string of the molecule is CN(C1CCC1)C1CCN([C@H]2CCCC(F)(F)[C@@H]2NC(=O)N2CCC(C)(c3noc(C4C[C@@H]4F)n3)CC2)CC1. The molecule has 3 saturated carbocycles. The molecule has 1 aromatic rings. The Morgan fingerprint density at radius 3 is 2.31 bits per heavy atom. The quantitative estimate of drug-likeness (QED) is 0.562. The number of nitrogens with one attached hydrogen (secondary N) is 1. The van der Waals surface area contributed by atoms with Gasteiger partial charge in [0, 0.05) is 56.1 Å². The number of amides is 2. The molecule has 8 nitrogen and oxygen atoms in total. The fraction of sp³-hybridized carbons (Fsp3) is 0.893. The van der Waals surface area contributed by atoms with Crippen molar-refractivity contribution in [3.8, 4) is 0 Å². The Morgan fingerprint density at radius 2 is 1.69 bits per heavy atom. The minimum Gasteiger partial charge on any atom is -0.339 e. The van der Waals surface area contributed by atoms with E-state index in [9.17, 15) is 9.18 Å². The van der Waals surface area contributed by atoms with Crippen molar-refractivity contribution in [2.24, 2.45) is 0 Å². The number of likely N-dealkylation sites (tertiary alicyclic amines) is 2. The molecule has 11 heteroatoms. The summed E-state index contributed by atoms with van der Waals surface area (Å²) in [6.45, 7) is 4.46. The monoisotopic (exact) mass is 552 g/mol. The minimum absolute atomic E-state index is 0.186. The van der Waals surface area contributed by atoms with Crippen LogP contribution in [0.4, 0.5) is 18.0 Å². The normalized spacial score (nSPS) is 33.6. The van der Waals surface area contributed by atoms with Gasteiger partial charge in [0.2, 0.25) is 5.89 Å². The maximum atomic E-state index is 15.3. The van der Waals surface area contributed by atoms with Crippen LogP contribution in [0.15, 0.2) is 4.52 Å². The van der Waals surface area contributed by atoms with Gasteiger partial charge in [-0.25, -0.2) is 18.0 Å². The number of hydrogen-bond acceptors (Lipinski definition) is 6. The predicted octanol–water partition coefficient (Wildman–Crippen LogP) is 4.46. The summed E-state index contributed by atoms with van der Waals surface area (Å²) in [6, 6.07) is -0.742. The van der Waals surface area contributed by atoms with E-state index in [-0.39, 0.29) is 18.4 Å². The van der Waals surface area contributed by atoms with Crippen LogP contribution in [0.3, 0.4) is 0 Å². The van der Waals surface area contributed by atoms with E-state index in [4.69, 9.17) is 4.52 Å². The molecular formula is C28H43F3N6O2. The molecule has 1 N–H and O–H groups in total. The van der Waals surface area contributed by atoms with Crippen LogP contribution in [0.2, 0.25) is 0 Å². The lowest BCUT2D eigenvalue weighted by atomic mass is 9.79. The van der Waals surface area contributed by atoms with Crippen molar-refractivity contribution < 1.29 is 22.5 Å². The Balaban J connectivity index is 1.05. The lowest BCUT2D eigenvalue weighted by Crippen LogP contribution is -2.65. The van der Waals surface area contributed by atoms with Crippen LogP contribution in [0, 0.1) is 0 Å². The molecule has 2 saturated heterocycles. The van der Waals surface area contributed by atoms with Gasteiger partial charge in [-0.15, -0.1) is 0 Å². The number of urea groups is 1. The number of hydrogen-bond donors (Lipinski definition) is 1. The number of carbonyl (C=O) groups excluding carboxylic acids is 1. The molecule has 5 aliphatic rings. The molecule has 0 radical (unpaired) electrons. The van der Waals surface area contributed by atoms with E-state index in [1.54, 1.807) is 4.90 Å². The molecule has 6 rings (SSSR count). The number of rotatable bonds is 6. The summed E-state index contributed by atoms with van der Waals surface area (Å²) in [4.78, 5) is 24.1. The van der Waals surface area contributed by atoms with Gasteiger partial charge in [0.1, 0.15) is 12.2 Å². The Morgan fingerprint density at radius 1 is 1.03 bits per heavy atom. The van der Waals surface area contributed by atoms with Gasteiger partial charge in [0.15, 0.2) is 5.82 Å². The Hall–Kier alpha value is -1.88. The molecular weight excluding hydrogens is 509 g/mol. The van der Waals surface area contributed by atoms with Crippen molar-refractivity contribution in [1.29, 1.82) is 0 Å². The zero-order chi connectivity index (χ0) is 27.4. The molecule has 0 aromatic carbocycles. The van der Waals surface area contributed by atoms with Crippen LogP contribution >= 0.6 is 0 Å². The largest absolute Gasteiger partial charge is 0.339 e. The lowest BCUT2D eigenvalue weighted by molar-refractivity contribution is -0.0968. The smallest absolute Gasteiger partial charge is 0.317 e. The highest BCUT2D eigenvalue weighted by molar-refractivity contribution is 5.75. The second kappa shape index (κ2) is 10.5. The maximum absolute atomic E-state index is 15.3. The summed E-state index contributed by atoms with van der Waals surface area (Å²) in [6.07, 6.45) is 7.51. The van der Waals surface area contributed by atoms with Gasteiger partial charge in [-0.05, 0) is 64.8 Å². The van der Waals surface area contributed by atoms with Crippen molar-refractivity contribution in [3.63, 3.8) is 0 Å². The van der Waals surface area contributed by atoms with Gasteiger partial charge in [-0.3, -0.25) is 4.90 Å². The Bertz CT molecular complexity index is 1020. The van der Waals surface area contributed by atoms with Crippen LogP contribution in [0.1, 0.15) is 95.2 Å². The number of nitrogens with zero attached hydrogens (tertiary/aromatic N) is 5. The van der Waals surface area contributed by atoms with Gasteiger partial charge in [-0.1, -0.05) is 18.5 Å². The zero-order valence-electron chi connectivity index (χ0n) is 23.3. The third kappa shape index (κ3) is 5.42. The van der Waals surface area contributed by atoms with Crippen LogP contribution in [-0.4, -0.2) is 100 Å². The van der Waals surface area contributed by atoms with E-state index in [1.165, 1.54) is 19.3 Å². The van der Waals surface area contributed by atoms with E-state index < -0.39 is 29.6 Å². The summed E-state index contributed by atoms with van der Waals surface area (Å²) in [5.74, 6) is -2.33. The molecule has 2 aliphatic heterocycles. The summed E-state index contributed by atoms with van der Waals surface area (Å²) in [5.41, 5.74) is -0.395. The number of alkyl halides is 3. The molecule has 39 heavy (non-hydrogen) atoms. The Kier molecular flexibility index (Phi) is 7.35. The molecule has 1 unspecified atom stereocenters. The second-order valence-electron chi connectivity index (χ2n) is 13.0. The molecule has 5 fully saturated rings. The zero-order valence-corrected chi connectivity index (χ0v) is 23.3. The van der Waals surface area contributed by atoms with Crippen molar-refractivity contribution in [2.45, 2.75) is 125 Å². The topological polar surface area (TPSA) is 77.7 Å². The predicted molar refractivity (Wildman–Crippen MR) is 140 cm³/mol. The van der Waals surface area contributed by atoms with E-state index in [2.05, 4.69) is 32.3 Å². The lowest BCUT2D eigenvalue weighted by Gasteiger charge is -2.49. The molecule has 4 atom stereocenters. The highest BCUT2D eigenvalue weighted by atomic mass is 19.3. The summed E-state index contributed by atoms with van der Waals surface area (Å²) in [5, 5.41) is 6.90.